The molecule has 4 N–H and O–H groups in total. The summed E-state index contributed by atoms with van der Waals surface area (Å²) in [5.41, 5.74) is 0.881. The molecule has 0 unspecified atom stereocenters. The van der Waals surface area contributed by atoms with Crippen LogP contribution in [0.2, 0.25) is 0 Å². The fourth-order valence-electron chi connectivity index (χ4n) is 1.99. The number of nitrogens with one attached hydrogen (secondary N) is 2. The van der Waals surface area contributed by atoms with Crippen LogP contribution in [-0.2, 0) is 10.0 Å². The Morgan fingerprint density at radius 2 is 1.74 bits per heavy atom. The standard InChI is InChI=1S/C14H12N4O3S2/c15-23(20,21)12-8-4-2-6-10(12)16-13(19)18-14-17-9-5-1-3-7-11(9)22-14/h1-8H,(H2,15,20,21)(H2,16,17,18,19). The number of hydrogen-bond donors (Lipinski definition) is 3. The normalized spacial score (nSPS) is 11.3. The largest absolute Gasteiger partial charge is 0.325 e. The number of carbonyl (C=O) groups excluding carboxylic acids is 1. The number of aromatic nitrogens is 1. The number of thiazole rings is 1. The van der Waals surface area contributed by atoms with Gasteiger partial charge in [-0.3, -0.25) is 5.32 Å². The Morgan fingerprint density at radius 1 is 1.04 bits per heavy atom. The molecule has 2 aromatic carbocycles. The summed E-state index contributed by atoms with van der Waals surface area (Å²) >= 11 is 1.32. The molecule has 0 aliphatic rings. The zero-order valence-corrected chi connectivity index (χ0v) is 13.3. The molecular formula is C14H12N4O3S2. The number of amides is 2. The average molecular weight is 348 g/mol. The van der Waals surface area contributed by atoms with Gasteiger partial charge < -0.3 is 5.32 Å². The third-order valence-corrected chi connectivity index (χ3v) is 4.88. The molecule has 23 heavy (non-hydrogen) atoms. The molecule has 0 atom stereocenters. The molecule has 0 spiro atoms. The van der Waals surface area contributed by atoms with Crippen molar-refractivity contribution in [3.8, 4) is 0 Å². The molecule has 7 nitrogen and oxygen atoms in total. The number of anilines is 2. The first kappa shape index (κ1) is 15.4. The summed E-state index contributed by atoms with van der Waals surface area (Å²) < 4.78 is 24.0. The second-order valence-corrected chi connectivity index (χ2v) is 7.17. The summed E-state index contributed by atoms with van der Waals surface area (Å²) in [5.74, 6) is 0. The van der Waals surface area contributed by atoms with Gasteiger partial charge in [-0.15, -0.1) is 0 Å². The van der Waals surface area contributed by atoms with Crippen molar-refractivity contribution in [2.75, 3.05) is 10.6 Å². The maximum atomic E-state index is 12.0. The molecule has 0 bridgehead atoms. The highest BCUT2D eigenvalue weighted by atomic mass is 32.2. The maximum Gasteiger partial charge on any atom is 0.325 e. The molecule has 1 heterocycles. The van der Waals surface area contributed by atoms with Crippen LogP contribution in [0, 0.1) is 0 Å². The molecule has 118 valence electrons. The summed E-state index contributed by atoms with van der Waals surface area (Å²) in [7, 11) is -3.93. The average Bonchev–Trinajstić information content (AvgIpc) is 2.88. The van der Waals surface area contributed by atoms with Gasteiger partial charge in [-0.2, -0.15) is 0 Å². The summed E-state index contributed by atoms with van der Waals surface area (Å²) in [6.07, 6.45) is 0. The van der Waals surface area contributed by atoms with Gasteiger partial charge in [0.25, 0.3) is 0 Å². The van der Waals surface area contributed by atoms with Gasteiger partial charge in [0.2, 0.25) is 10.0 Å². The van der Waals surface area contributed by atoms with Crippen LogP contribution in [0.25, 0.3) is 10.2 Å². The second-order valence-electron chi connectivity index (χ2n) is 4.61. The lowest BCUT2D eigenvalue weighted by Crippen LogP contribution is -2.22. The molecule has 0 aliphatic carbocycles. The van der Waals surface area contributed by atoms with Gasteiger partial charge in [0.1, 0.15) is 4.90 Å². The van der Waals surface area contributed by atoms with E-state index >= 15 is 0 Å². The number of nitrogens with zero attached hydrogens (tertiary/aromatic N) is 1. The minimum absolute atomic E-state index is 0.105. The quantitative estimate of drug-likeness (QED) is 0.675. The number of rotatable bonds is 3. The molecule has 3 aromatic rings. The van der Waals surface area contributed by atoms with Crippen molar-refractivity contribution in [1.29, 1.82) is 0 Å². The number of carbonyl (C=O) groups is 1. The minimum atomic E-state index is -3.93. The Kier molecular flexibility index (Phi) is 3.99. The number of sulfonamides is 1. The van der Waals surface area contributed by atoms with Crippen LogP contribution in [0.15, 0.2) is 53.4 Å². The van der Waals surface area contributed by atoms with Crippen molar-refractivity contribution in [3.63, 3.8) is 0 Å². The molecule has 0 saturated carbocycles. The number of nitrogens with two attached hydrogens (primary N) is 1. The summed E-state index contributed by atoms with van der Waals surface area (Å²) in [4.78, 5) is 16.2. The van der Waals surface area contributed by atoms with Crippen molar-refractivity contribution in [3.05, 3.63) is 48.5 Å². The monoisotopic (exact) mass is 348 g/mol. The van der Waals surface area contributed by atoms with E-state index in [1.807, 2.05) is 24.3 Å². The third-order valence-electron chi connectivity index (χ3n) is 2.96. The van der Waals surface area contributed by atoms with Crippen molar-refractivity contribution in [1.82, 2.24) is 4.98 Å². The van der Waals surface area contributed by atoms with E-state index in [2.05, 4.69) is 15.6 Å². The zero-order chi connectivity index (χ0) is 16.4. The van der Waals surface area contributed by atoms with Crippen LogP contribution < -0.4 is 15.8 Å². The van der Waals surface area contributed by atoms with Crippen molar-refractivity contribution in [2.45, 2.75) is 4.90 Å². The van der Waals surface area contributed by atoms with Gasteiger partial charge in [0, 0.05) is 0 Å². The number of hydrogen-bond acceptors (Lipinski definition) is 5. The summed E-state index contributed by atoms with van der Waals surface area (Å²) in [6.45, 7) is 0. The number of benzene rings is 2. The number of primary sulfonamides is 1. The Hall–Kier alpha value is -2.49. The van der Waals surface area contributed by atoms with Gasteiger partial charge in [-0.25, -0.2) is 23.3 Å². The maximum absolute atomic E-state index is 12.0. The first-order valence-corrected chi connectivity index (χ1v) is 8.85. The molecule has 9 heteroatoms. The molecule has 2 amide bonds. The molecule has 3 rings (SSSR count). The highest BCUT2D eigenvalue weighted by Crippen LogP contribution is 2.26. The number of para-hydroxylation sites is 2. The van der Waals surface area contributed by atoms with E-state index in [0.29, 0.717) is 5.13 Å². The van der Waals surface area contributed by atoms with Crippen LogP contribution in [0.4, 0.5) is 15.6 Å². The van der Waals surface area contributed by atoms with Crippen LogP contribution in [-0.4, -0.2) is 19.4 Å². The number of fused-ring (bicyclic) bond motifs is 1. The van der Waals surface area contributed by atoms with E-state index in [-0.39, 0.29) is 10.6 Å². The Labute approximate surface area is 136 Å². The predicted octanol–water partition coefficient (Wildman–Crippen LogP) is 2.59. The van der Waals surface area contributed by atoms with E-state index < -0.39 is 16.1 Å². The fourth-order valence-corrected chi connectivity index (χ4v) is 3.55. The van der Waals surface area contributed by atoms with Gasteiger partial charge in [-0.05, 0) is 24.3 Å². The summed E-state index contributed by atoms with van der Waals surface area (Å²) in [6, 6.07) is 12.8. The second kappa shape index (κ2) is 5.95. The van der Waals surface area contributed by atoms with Crippen molar-refractivity contribution in [2.24, 2.45) is 5.14 Å². The van der Waals surface area contributed by atoms with Crippen molar-refractivity contribution < 1.29 is 13.2 Å². The van der Waals surface area contributed by atoms with E-state index in [1.54, 1.807) is 6.07 Å². The van der Waals surface area contributed by atoms with E-state index in [0.717, 1.165) is 10.2 Å². The lowest BCUT2D eigenvalue weighted by Gasteiger charge is -2.09. The van der Waals surface area contributed by atoms with Crippen LogP contribution in [0.5, 0.6) is 0 Å². The predicted molar refractivity (Wildman–Crippen MR) is 90.1 cm³/mol. The molecule has 1 aromatic heterocycles. The Morgan fingerprint density at radius 3 is 2.48 bits per heavy atom. The highest BCUT2D eigenvalue weighted by Gasteiger charge is 2.15. The van der Waals surface area contributed by atoms with Gasteiger partial charge >= 0.3 is 6.03 Å². The minimum Gasteiger partial charge on any atom is -0.306 e. The molecule has 0 radical (unpaired) electrons. The molecule has 0 saturated heterocycles. The van der Waals surface area contributed by atoms with E-state index in [9.17, 15) is 13.2 Å². The van der Waals surface area contributed by atoms with Crippen LogP contribution in [0.1, 0.15) is 0 Å². The summed E-state index contributed by atoms with van der Waals surface area (Å²) in [5, 5.41) is 10.6. The number of urea groups is 1. The first-order chi connectivity index (χ1) is 10.9. The lowest BCUT2D eigenvalue weighted by atomic mass is 10.3. The zero-order valence-electron chi connectivity index (χ0n) is 11.7. The molecular weight excluding hydrogens is 336 g/mol. The SMILES string of the molecule is NS(=O)(=O)c1ccccc1NC(=O)Nc1nc2ccccc2s1. The topological polar surface area (TPSA) is 114 Å². The van der Waals surface area contributed by atoms with E-state index in [1.165, 1.54) is 29.5 Å². The van der Waals surface area contributed by atoms with Crippen molar-refractivity contribution >= 4 is 48.4 Å². The Bertz CT molecular complexity index is 949. The third kappa shape index (κ3) is 3.47. The van der Waals surface area contributed by atoms with E-state index in [4.69, 9.17) is 5.14 Å². The van der Waals surface area contributed by atoms with Gasteiger partial charge in [0.05, 0.1) is 15.9 Å². The van der Waals surface area contributed by atoms with Crippen LogP contribution >= 0.6 is 11.3 Å². The van der Waals surface area contributed by atoms with Gasteiger partial charge in [-0.1, -0.05) is 35.6 Å². The first-order valence-electron chi connectivity index (χ1n) is 6.49. The smallest absolute Gasteiger partial charge is 0.306 e. The highest BCUT2D eigenvalue weighted by molar-refractivity contribution is 7.89. The molecule has 0 fully saturated rings. The Balaban J connectivity index is 1.80. The fraction of sp³-hybridized carbons (Fsp3) is 0. The van der Waals surface area contributed by atoms with Gasteiger partial charge in [0.15, 0.2) is 5.13 Å². The molecule has 0 aliphatic heterocycles. The van der Waals surface area contributed by atoms with Crippen LogP contribution in [0.3, 0.4) is 0 Å². The lowest BCUT2D eigenvalue weighted by molar-refractivity contribution is 0.262.